The number of aryl methyl sites for hydroxylation is 1. The molecule has 0 aliphatic rings. The maximum absolute atomic E-state index is 11.0. The van der Waals surface area contributed by atoms with Gasteiger partial charge in [0.1, 0.15) is 6.61 Å². The van der Waals surface area contributed by atoms with Crippen molar-refractivity contribution in [3.63, 3.8) is 0 Å². The molecule has 0 bridgehead atoms. The molecule has 1 aromatic rings. The molecule has 0 saturated carbocycles. The summed E-state index contributed by atoms with van der Waals surface area (Å²) in [5.74, 6) is -1.09. The number of amides is 1. The molecule has 1 amide bonds. The lowest BCUT2D eigenvalue weighted by Crippen LogP contribution is -2.18. The molecule has 0 unspecified atom stereocenters. The van der Waals surface area contributed by atoms with E-state index in [0.29, 0.717) is 17.8 Å². The molecular formula is C11H15N3O4. The fourth-order valence-corrected chi connectivity index (χ4v) is 1.42. The Morgan fingerprint density at radius 1 is 1.44 bits per heavy atom. The van der Waals surface area contributed by atoms with Gasteiger partial charge in [-0.3, -0.25) is 0 Å². The summed E-state index contributed by atoms with van der Waals surface area (Å²) in [6.45, 7) is 2.14. The number of rotatable bonds is 5. The quantitative estimate of drug-likeness (QED) is 0.453. The van der Waals surface area contributed by atoms with Gasteiger partial charge < -0.3 is 26.6 Å². The van der Waals surface area contributed by atoms with E-state index in [1.54, 1.807) is 13.0 Å². The molecule has 7 heteroatoms. The van der Waals surface area contributed by atoms with Crippen molar-refractivity contribution in [2.24, 2.45) is 5.73 Å². The lowest BCUT2D eigenvalue weighted by Gasteiger charge is -2.11. The summed E-state index contributed by atoms with van der Waals surface area (Å²) in [7, 11) is 0. The molecule has 0 heterocycles. The van der Waals surface area contributed by atoms with Crippen molar-refractivity contribution in [1.82, 2.24) is 0 Å². The Morgan fingerprint density at radius 3 is 2.67 bits per heavy atom. The van der Waals surface area contributed by atoms with Gasteiger partial charge in [0.25, 0.3) is 0 Å². The minimum atomic E-state index is -1.09. The van der Waals surface area contributed by atoms with Crippen molar-refractivity contribution in [3.8, 4) is 0 Å². The zero-order chi connectivity index (χ0) is 13.7. The summed E-state index contributed by atoms with van der Waals surface area (Å²) in [4.78, 5) is 21.3. The molecule has 7 nitrogen and oxygen atoms in total. The van der Waals surface area contributed by atoms with E-state index in [-0.39, 0.29) is 17.9 Å². The SMILES string of the molecule is Cc1cc(NCCOC(N)=O)cc(C(=O)O)c1N. The van der Waals surface area contributed by atoms with E-state index in [9.17, 15) is 9.59 Å². The fraction of sp³-hybridized carbons (Fsp3) is 0.273. The molecule has 0 spiro atoms. The largest absolute Gasteiger partial charge is 0.478 e. The van der Waals surface area contributed by atoms with Crippen molar-refractivity contribution in [2.45, 2.75) is 6.92 Å². The van der Waals surface area contributed by atoms with Gasteiger partial charge in [0.05, 0.1) is 5.56 Å². The number of nitrogens with two attached hydrogens (primary N) is 2. The number of carboxylic acids is 1. The second kappa shape index (κ2) is 5.76. The Morgan fingerprint density at radius 2 is 2.11 bits per heavy atom. The molecule has 0 aromatic heterocycles. The lowest BCUT2D eigenvalue weighted by molar-refractivity contribution is 0.0698. The highest BCUT2D eigenvalue weighted by atomic mass is 16.5. The van der Waals surface area contributed by atoms with E-state index < -0.39 is 12.1 Å². The number of carbonyl (C=O) groups excluding carboxylic acids is 1. The van der Waals surface area contributed by atoms with Gasteiger partial charge in [-0.25, -0.2) is 9.59 Å². The molecule has 1 aromatic carbocycles. The van der Waals surface area contributed by atoms with E-state index >= 15 is 0 Å². The molecule has 0 fully saturated rings. The normalized spacial score (nSPS) is 9.83. The zero-order valence-electron chi connectivity index (χ0n) is 9.90. The van der Waals surface area contributed by atoms with Crippen LogP contribution in [0.1, 0.15) is 15.9 Å². The summed E-state index contributed by atoms with van der Waals surface area (Å²) in [6.07, 6.45) is -0.850. The molecule has 98 valence electrons. The highest BCUT2D eigenvalue weighted by Crippen LogP contribution is 2.22. The van der Waals surface area contributed by atoms with E-state index in [1.807, 2.05) is 0 Å². The van der Waals surface area contributed by atoms with Gasteiger partial charge in [0.15, 0.2) is 0 Å². The topological polar surface area (TPSA) is 128 Å². The van der Waals surface area contributed by atoms with Crippen LogP contribution in [-0.2, 0) is 4.74 Å². The fourth-order valence-electron chi connectivity index (χ4n) is 1.42. The maximum Gasteiger partial charge on any atom is 0.404 e. The van der Waals surface area contributed by atoms with Crippen LogP contribution in [0.2, 0.25) is 0 Å². The third-order valence-electron chi connectivity index (χ3n) is 2.29. The summed E-state index contributed by atoms with van der Waals surface area (Å²) in [5.41, 5.74) is 12.0. The lowest BCUT2D eigenvalue weighted by atomic mass is 10.1. The molecule has 1 rings (SSSR count). The highest BCUT2D eigenvalue weighted by Gasteiger charge is 2.11. The number of hydrogen-bond donors (Lipinski definition) is 4. The van der Waals surface area contributed by atoms with Crippen LogP contribution in [0.3, 0.4) is 0 Å². The van der Waals surface area contributed by atoms with Gasteiger partial charge >= 0.3 is 12.1 Å². The first kappa shape index (κ1) is 13.6. The summed E-state index contributed by atoms with van der Waals surface area (Å²) < 4.78 is 4.53. The molecule has 0 atom stereocenters. The minimum absolute atomic E-state index is 0.0355. The molecule has 0 aliphatic heterocycles. The van der Waals surface area contributed by atoms with Crippen LogP contribution in [0.25, 0.3) is 0 Å². The van der Waals surface area contributed by atoms with Crippen LogP contribution in [0.5, 0.6) is 0 Å². The average molecular weight is 253 g/mol. The number of ether oxygens (including phenoxy) is 1. The smallest absolute Gasteiger partial charge is 0.404 e. The first-order valence-electron chi connectivity index (χ1n) is 5.21. The van der Waals surface area contributed by atoms with Gasteiger partial charge in [-0.2, -0.15) is 0 Å². The van der Waals surface area contributed by atoms with Gasteiger partial charge in [0.2, 0.25) is 0 Å². The molecule has 6 N–H and O–H groups in total. The average Bonchev–Trinajstić information content (AvgIpc) is 2.28. The monoisotopic (exact) mass is 253 g/mol. The summed E-state index contributed by atoms with van der Waals surface area (Å²) >= 11 is 0. The molecule has 0 radical (unpaired) electrons. The molecule has 18 heavy (non-hydrogen) atoms. The second-order valence-electron chi connectivity index (χ2n) is 3.65. The van der Waals surface area contributed by atoms with Crippen LogP contribution in [-0.4, -0.2) is 30.3 Å². The Hall–Kier alpha value is -2.44. The van der Waals surface area contributed by atoms with Gasteiger partial charge in [-0.1, -0.05) is 0 Å². The molecule has 0 aliphatic carbocycles. The van der Waals surface area contributed by atoms with Gasteiger partial charge in [0, 0.05) is 17.9 Å². The number of carbonyl (C=O) groups is 2. The zero-order valence-corrected chi connectivity index (χ0v) is 9.90. The Balaban J connectivity index is 2.72. The van der Waals surface area contributed by atoms with Crippen molar-refractivity contribution in [1.29, 1.82) is 0 Å². The number of benzene rings is 1. The number of carboxylic acid groups (broad SMARTS) is 1. The first-order chi connectivity index (χ1) is 8.41. The predicted molar refractivity (Wildman–Crippen MR) is 66.6 cm³/mol. The van der Waals surface area contributed by atoms with Crippen LogP contribution in [0, 0.1) is 6.92 Å². The molecule has 0 saturated heterocycles. The van der Waals surface area contributed by atoms with Crippen LogP contribution in [0.15, 0.2) is 12.1 Å². The van der Waals surface area contributed by atoms with Gasteiger partial charge in [-0.05, 0) is 24.6 Å². The third kappa shape index (κ3) is 3.55. The second-order valence-corrected chi connectivity index (χ2v) is 3.65. The van der Waals surface area contributed by atoms with Crippen LogP contribution in [0.4, 0.5) is 16.2 Å². The predicted octanol–water partition coefficient (Wildman–Crippen LogP) is 0.783. The van der Waals surface area contributed by atoms with Crippen LogP contribution >= 0.6 is 0 Å². The maximum atomic E-state index is 11.0. The summed E-state index contributed by atoms with van der Waals surface area (Å²) in [6, 6.07) is 3.14. The Bertz CT molecular complexity index is 474. The van der Waals surface area contributed by atoms with Crippen molar-refractivity contribution in [3.05, 3.63) is 23.3 Å². The number of nitrogen functional groups attached to an aromatic ring is 1. The van der Waals surface area contributed by atoms with Gasteiger partial charge in [-0.15, -0.1) is 0 Å². The number of anilines is 2. The Labute approximate surface area is 104 Å². The van der Waals surface area contributed by atoms with E-state index in [1.165, 1.54) is 6.07 Å². The van der Waals surface area contributed by atoms with Crippen molar-refractivity contribution >= 4 is 23.4 Å². The third-order valence-corrected chi connectivity index (χ3v) is 2.29. The first-order valence-corrected chi connectivity index (χ1v) is 5.21. The number of nitrogens with one attached hydrogen (secondary N) is 1. The minimum Gasteiger partial charge on any atom is -0.478 e. The highest BCUT2D eigenvalue weighted by molar-refractivity contribution is 5.95. The van der Waals surface area contributed by atoms with E-state index in [2.05, 4.69) is 10.1 Å². The Kier molecular flexibility index (Phi) is 4.36. The number of hydrogen-bond acceptors (Lipinski definition) is 5. The number of aromatic carboxylic acids is 1. The van der Waals surface area contributed by atoms with Crippen molar-refractivity contribution < 1.29 is 19.4 Å². The van der Waals surface area contributed by atoms with Crippen molar-refractivity contribution in [2.75, 3.05) is 24.2 Å². The standard InChI is InChI=1S/C11H15N3O4/c1-6-4-7(14-2-3-18-11(13)17)5-8(9(6)12)10(15)16/h4-5,14H,2-3,12H2,1H3,(H2,13,17)(H,15,16). The van der Waals surface area contributed by atoms with E-state index in [0.717, 1.165) is 0 Å². The van der Waals surface area contributed by atoms with E-state index in [4.69, 9.17) is 16.6 Å². The number of primary amides is 1. The molecular weight excluding hydrogens is 238 g/mol. The van der Waals surface area contributed by atoms with Crippen LogP contribution < -0.4 is 16.8 Å². The summed E-state index contributed by atoms with van der Waals surface area (Å²) in [5, 5.41) is 11.9.